The fourth-order valence-electron chi connectivity index (χ4n) is 2.76. The standard InChI is InChI=1S/C17H27NO2/c1-12(2)10-15(11-19)18-17(13-4-5-13)14-6-8-16(20-3)9-7-14/h6-9,12-13,15,17-19H,4-5,10-11H2,1-3H3. The molecule has 0 amide bonds. The second kappa shape index (κ2) is 7.09. The second-order valence-electron chi connectivity index (χ2n) is 6.26. The highest BCUT2D eigenvalue weighted by Crippen LogP contribution is 2.41. The summed E-state index contributed by atoms with van der Waals surface area (Å²) in [6, 6.07) is 8.85. The van der Waals surface area contributed by atoms with Crippen molar-refractivity contribution in [2.24, 2.45) is 11.8 Å². The van der Waals surface area contributed by atoms with Gasteiger partial charge in [0, 0.05) is 12.1 Å². The smallest absolute Gasteiger partial charge is 0.118 e. The fraction of sp³-hybridized carbons (Fsp3) is 0.647. The molecule has 3 heteroatoms. The molecule has 0 heterocycles. The molecule has 20 heavy (non-hydrogen) atoms. The highest BCUT2D eigenvalue weighted by atomic mass is 16.5. The Balaban J connectivity index is 2.05. The molecule has 1 aromatic rings. The summed E-state index contributed by atoms with van der Waals surface area (Å²) in [5, 5.41) is 13.2. The fourth-order valence-corrected chi connectivity index (χ4v) is 2.76. The molecule has 1 aliphatic carbocycles. The monoisotopic (exact) mass is 277 g/mol. The van der Waals surface area contributed by atoms with Gasteiger partial charge in [-0.15, -0.1) is 0 Å². The lowest BCUT2D eigenvalue weighted by atomic mass is 9.98. The molecular formula is C17H27NO2. The van der Waals surface area contributed by atoms with Crippen molar-refractivity contribution in [2.75, 3.05) is 13.7 Å². The van der Waals surface area contributed by atoms with Crippen molar-refractivity contribution in [3.05, 3.63) is 29.8 Å². The lowest BCUT2D eigenvalue weighted by molar-refractivity contribution is 0.208. The van der Waals surface area contributed by atoms with Crippen molar-refractivity contribution in [1.29, 1.82) is 0 Å². The number of nitrogens with one attached hydrogen (secondary N) is 1. The maximum Gasteiger partial charge on any atom is 0.118 e. The van der Waals surface area contributed by atoms with E-state index in [2.05, 4.69) is 31.3 Å². The quantitative estimate of drug-likeness (QED) is 0.767. The Kier molecular flexibility index (Phi) is 5.44. The Bertz CT molecular complexity index is 398. The zero-order valence-electron chi connectivity index (χ0n) is 12.8. The van der Waals surface area contributed by atoms with Gasteiger partial charge in [-0.3, -0.25) is 0 Å². The summed E-state index contributed by atoms with van der Waals surface area (Å²) in [4.78, 5) is 0. The van der Waals surface area contributed by atoms with Crippen LogP contribution in [-0.4, -0.2) is 24.9 Å². The third-order valence-corrected chi connectivity index (χ3v) is 3.96. The van der Waals surface area contributed by atoms with Crippen LogP contribution < -0.4 is 10.1 Å². The first kappa shape index (κ1) is 15.3. The van der Waals surface area contributed by atoms with Crippen LogP contribution in [0.2, 0.25) is 0 Å². The van der Waals surface area contributed by atoms with E-state index >= 15 is 0 Å². The van der Waals surface area contributed by atoms with Gasteiger partial charge in [0.2, 0.25) is 0 Å². The summed E-state index contributed by atoms with van der Waals surface area (Å²) in [7, 11) is 1.69. The molecule has 3 nitrogen and oxygen atoms in total. The van der Waals surface area contributed by atoms with Crippen molar-refractivity contribution in [2.45, 2.75) is 45.2 Å². The van der Waals surface area contributed by atoms with Gasteiger partial charge < -0.3 is 15.2 Å². The normalized spacial score (nSPS) is 18.1. The average molecular weight is 277 g/mol. The van der Waals surface area contributed by atoms with E-state index < -0.39 is 0 Å². The lowest BCUT2D eigenvalue weighted by Gasteiger charge is -2.26. The number of methoxy groups -OCH3 is 1. The summed E-state index contributed by atoms with van der Waals surface area (Å²) in [6.07, 6.45) is 3.57. The van der Waals surface area contributed by atoms with Crippen LogP contribution in [-0.2, 0) is 0 Å². The van der Waals surface area contributed by atoms with Crippen LogP contribution in [0.5, 0.6) is 5.75 Å². The molecule has 0 radical (unpaired) electrons. The minimum Gasteiger partial charge on any atom is -0.497 e. The molecule has 112 valence electrons. The Morgan fingerprint density at radius 2 is 1.90 bits per heavy atom. The third-order valence-electron chi connectivity index (χ3n) is 3.96. The van der Waals surface area contributed by atoms with Crippen molar-refractivity contribution < 1.29 is 9.84 Å². The number of aliphatic hydroxyl groups is 1. The predicted octanol–water partition coefficient (Wildman–Crippen LogP) is 3.14. The van der Waals surface area contributed by atoms with Crippen LogP contribution in [0.1, 0.15) is 44.7 Å². The Labute approximate surface area is 122 Å². The van der Waals surface area contributed by atoms with Gasteiger partial charge in [0.15, 0.2) is 0 Å². The molecule has 0 spiro atoms. The summed E-state index contributed by atoms with van der Waals surface area (Å²) < 4.78 is 5.22. The Hall–Kier alpha value is -1.06. The molecule has 1 aromatic carbocycles. The van der Waals surface area contributed by atoms with Crippen LogP contribution in [0.4, 0.5) is 0 Å². The molecule has 1 saturated carbocycles. The molecule has 2 rings (SSSR count). The van der Waals surface area contributed by atoms with Gasteiger partial charge in [0.05, 0.1) is 13.7 Å². The number of aliphatic hydroxyl groups excluding tert-OH is 1. The van der Waals surface area contributed by atoms with Gasteiger partial charge in [-0.05, 0) is 48.8 Å². The van der Waals surface area contributed by atoms with Crippen molar-refractivity contribution >= 4 is 0 Å². The zero-order valence-corrected chi connectivity index (χ0v) is 12.8. The number of hydrogen-bond acceptors (Lipinski definition) is 3. The van der Waals surface area contributed by atoms with E-state index in [9.17, 15) is 5.11 Å². The largest absolute Gasteiger partial charge is 0.497 e. The zero-order chi connectivity index (χ0) is 14.5. The summed E-state index contributed by atoms with van der Waals surface area (Å²) in [5.41, 5.74) is 1.30. The first-order valence-electron chi connectivity index (χ1n) is 7.65. The molecule has 2 unspecified atom stereocenters. The van der Waals surface area contributed by atoms with Gasteiger partial charge in [-0.25, -0.2) is 0 Å². The van der Waals surface area contributed by atoms with Crippen molar-refractivity contribution in [3.8, 4) is 5.75 Å². The van der Waals surface area contributed by atoms with Crippen LogP contribution in [0.3, 0.4) is 0 Å². The Morgan fingerprint density at radius 3 is 2.35 bits per heavy atom. The maximum atomic E-state index is 9.57. The molecule has 2 N–H and O–H groups in total. The van der Waals surface area contributed by atoms with E-state index in [1.165, 1.54) is 18.4 Å². The van der Waals surface area contributed by atoms with E-state index in [0.29, 0.717) is 17.9 Å². The first-order chi connectivity index (χ1) is 9.63. The SMILES string of the molecule is COc1ccc(C(NC(CO)CC(C)C)C2CC2)cc1. The first-order valence-corrected chi connectivity index (χ1v) is 7.65. The molecule has 2 atom stereocenters. The van der Waals surface area contributed by atoms with Crippen molar-refractivity contribution in [3.63, 3.8) is 0 Å². The van der Waals surface area contributed by atoms with Gasteiger partial charge >= 0.3 is 0 Å². The average Bonchev–Trinajstić information content (AvgIpc) is 3.27. The molecule has 1 fully saturated rings. The molecule has 0 bridgehead atoms. The van der Waals surface area contributed by atoms with E-state index in [1.54, 1.807) is 7.11 Å². The topological polar surface area (TPSA) is 41.5 Å². The molecule has 0 aliphatic heterocycles. The van der Waals surface area contributed by atoms with Gasteiger partial charge in [0.1, 0.15) is 5.75 Å². The second-order valence-corrected chi connectivity index (χ2v) is 6.26. The van der Waals surface area contributed by atoms with Crippen molar-refractivity contribution in [1.82, 2.24) is 5.32 Å². The summed E-state index contributed by atoms with van der Waals surface area (Å²) in [6.45, 7) is 4.60. The highest BCUT2D eigenvalue weighted by molar-refractivity contribution is 5.30. The molecule has 0 saturated heterocycles. The summed E-state index contributed by atoms with van der Waals surface area (Å²) >= 11 is 0. The van der Waals surface area contributed by atoms with Crippen LogP contribution in [0.15, 0.2) is 24.3 Å². The number of benzene rings is 1. The van der Waals surface area contributed by atoms with E-state index in [0.717, 1.165) is 12.2 Å². The maximum absolute atomic E-state index is 9.57. The molecule has 0 aromatic heterocycles. The lowest BCUT2D eigenvalue weighted by Crippen LogP contribution is -2.37. The summed E-state index contributed by atoms with van der Waals surface area (Å²) in [5.74, 6) is 2.20. The minimum absolute atomic E-state index is 0.183. The number of ether oxygens (including phenoxy) is 1. The molecule has 1 aliphatic rings. The van der Waals surface area contributed by atoms with Crippen LogP contribution in [0, 0.1) is 11.8 Å². The van der Waals surface area contributed by atoms with Crippen LogP contribution >= 0.6 is 0 Å². The Morgan fingerprint density at radius 1 is 1.25 bits per heavy atom. The van der Waals surface area contributed by atoms with E-state index in [1.807, 2.05) is 12.1 Å². The molecular weight excluding hydrogens is 250 g/mol. The predicted molar refractivity (Wildman–Crippen MR) is 81.9 cm³/mol. The highest BCUT2D eigenvalue weighted by Gasteiger charge is 2.33. The number of rotatable bonds is 8. The third kappa shape index (κ3) is 4.22. The van der Waals surface area contributed by atoms with Gasteiger partial charge in [-0.1, -0.05) is 26.0 Å². The number of hydrogen-bond donors (Lipinski definition) is 2. The minimum atomic E-state index is 0.183. The van der Waals surface area contributed by atoms with Gasteiger partial charge in [-0.2, -0.15) is 0 Å². The van der Waals surface area contributed by atoms with E-state index in [4.69, 9.17) is 4.74 Å². The van der Waals surface area contributed by atoms with Gasteiger partial charge in [0.25, 0.3) is 0 Å². The van der Waals surface area contributed by atoms with E-state index in [-0.39, 0.29) is 12.6 Å². The van der Waals surface area contributed by atoms with Crippen LogP contribution in [0.25, 0.3) is 0 Å².